The molecular weight excluding hydrogens is 273 g/mol. The van der Waals surface area contributed by atoms with Gasteiger partial charge in [-0.2, -0.15) is 0 Å². The third-order valence-corrected chi connectivity index (χ3v) is 3.68. The van der Waals surface area contributed by atoms with Gasteiger partial charge in [0.25, 0.3) is 5.91 Å². The summed E-state index contributed by atoms with van der Waals surface area (Å²) in [4.78, 5) is 25.7. The highest BCUT2D eigenvalue weighted by Gasteiger charge is 2.30. The van der Waals surface area contributed by atoms with E-state index < -0.39 is 5.82 Å². The molecule has 0 aliphatic carbocycles. The zero-order valence-electron chi connectivity index (χ0n) is 12.4. The fourth-order valence-corrected chi connectivity index (χ4v) is 2.58. The first kappa shape index (κ1) is 15.5. The summed E-state index contributed by atoms with van der Waals surface area (Å²) in [5.41, 5.74) is 0.831. The molecule has 21 heavy (non-hydrogen) atoms. The zero-order chi connectivity index (χ0) is 15.4. The minimum absolute atomic E-state index is 0.0603. The molecule has 0 bridgehead atoms. The quantitative estimate of drug-likeness (QED) is 0.805. The maximum Gasteiger partial charge on any atom is 0.310 e. The van der Waals surface area contributed by atoms with Crippen LogP contribution in [0.5, 0.6) is 0 Å². The van der Waals surface area contributed by atoms with Gasteiger partial charge in [0.1, 0.15) is 5.82 Å². The maximum absolute atomic E-state index is 13.9. The predicted octanol–water partition coefficient (Wildman–Crippen LogP) is 2.55. The Labute approximate surface area is 123 Å². The normalized spacial score (nSPS) is 18.4. The molecule has 1 amide bonds. The summed E-state index contributed by atoms with van der Waals surface area (Å²) in [7, 11) is 0. The SMILES string of the molecule is CCOC(=O)[C@@H]1CCCN(C(=O)c2ccc(C)cc2F)C1. The van der Waals surface area contributed by atoms with Gasteiger partial charge in [-0.25, -0.2) is 4.39 Å². The minimum Gasteiger partial charge on any atom is -0.466 e. The molecule has 1 atom stereocenters. The number of esters is 1. The number of hydrogen-bond acceptors (Lipinski definition) is 3. The highest BCUT2D eigenvalue weighted by atomic mass is 19.1. The number of carbonyl (C=O) groups excluding carboxylic acids is 2. The Kier molecular flexibility index (Phi) is 4.94. The Morgan fingerprint density at radius 2 is 2.19 bits per heavy atom. The summed E-state index contributed by atoms with van der Waals surface area (Å²) in [6.07, 6.45) is 1.43. The lowest BCUT2D eigenvalue weighted by atomic mass is 9.97. The van der Waals surface area contributed by atoms with Crippen molar-refractivity contribution in [2.75, 3.05) is 19.7 Å². The molecule has 0 saturated carbocycles. The molecule has 1 aliphatic heterocycles. The van der Waals surface area contributed by atoms with Crippen LogP contribution in [0.4, 0.5) is 4.39 Å². The van der Waals surface area contributed by atoms with Crippen LogP contribution in [0.15, 0.2) is 18.2 Å². The molecule has 1 saturated heterocycles. The topological polar surface area (TPSA) is 46.6 Å². The average Bonchev–Trinajstić information content (AvgIpc) is 2.47. The van der Waals surface area contributed by atoms with Crippen molar-refractivity contribution in [2.24, 2.45) is 5.92 Å². The molecule has 0 spiro atoms. The van der Waals surface area contributed by atoms with E-state index in [0.29, 0.717) is 26.1 Å². The largest absolute Gasteiger partial charge is 0.466 e. The van der Waals surface area contributed by atoms with E-state index in [1.807, 2.05) is 0 Å². The maximum atomic E-state index is 13.9. The first-order chi connectivity index (χ1) is 10.0. The highest BCUT2D eigenvalue weighted by molar-refractivity contribution is 5.95. The molecule has 114 valence electrons. The molecule has 0 radical (unpaired) electrons. The Hall–Kier alpha value is -1.91. The van der Waals surface area contributed by atoms with Gasteiger partial charge in [-0.15, -0.1) is 0 Å². The van der Waals surface area contributed by atoms with Crippen molar-refractivity contribution < 1.29 is 18.7 Å². The van der Waals surface area contributed by atoms with Gasteiger partial charge in [-0.3, -0.25) is 9.59 Å². The van der Waals surface area contributed by atoms with Crippen LogP contribution in [0.1, 0.15) is 35.7 Å². The van der Waals surface area contributed by atoms with E-state index >= 15 is 0 Å². The molecule has 1 aromatic rings. The molecule has 0 unspecified atom stereocenters. The second-order valence-corrected chi connectivity index (χ2v) is 5.33. The molecule has 2 rings (SSSR count). The summed E-state index contributed by atoms with van der Waals surface area (Å²) in [5, 5.41) is 0. The van der Waals surface area contributed by atoms with Crippen molar-refractivity contribution in [3.05, 3.63) is 35.1 Å². The molecular formula is C16H20FNO3. The van der Waals surface area contributed by atoms with E-state index in [2.05, 4.69) is 0 Å². The molecule has 0 aromatic heterocycles. The third kappa shape index (κ3) is 3.60. The number of hydrogen-bond donors (Lipinski definition) is 0. The number of aryl methyl sites for hydroxylation is 1. The van der Waals surface area contributed by atoms with Gasteiger partial charge in [0, 0.05) is 13.1 Å². The summed E-state index contributed by atoms with van der Waals surface area (Å²) in [5.74, 6) is -1.46. The smallest absolute Gasteiger partial charge is 0.310 e. The highest BCUT2D eigenvalue weighted by Crippen LogP contribution is 2.21. The first-order valence-electron chi connectivity index (χ1n) is 7.25. The molecule has 4 nitrogen and oxygen atoms in total. The van der Waals surface area contributed by atoms with Crippen LogP contribution in [-0.4, -0.2) is 36.5 Å². The molecule has 5 heteroatoms. The van der Waals surface area contributed by atoms with E-state index in [4.69, 9.17) is 4.74 Å². The van der Waals surface area contributed by atoms with E-state index in [9.17, 15) is 14.0 Å². The number of halogens is 1. The van der Waals surface area contributed by atoms with Crippen LogP contribution in [0, 0.1) is 18.7 Å². The van der Waals surface area contributed by atoms with E-state index in [-0.39, 0.29) is 23.4 Å². The van der Waals surface area contributed by atoms with Crippen LogP contribution in [0.2, 0.25) is 0 Å². The summed E-state index contributed by atoms with van der Waals surface area (Å²) in [6, 6.07) is 4.56. The second-order valence-electron chi connectivity index (χ2n) is 5.33. The Bertz CT molecular complexity index is 544. The van der Waals surface area contributed by atoms with Gasteiger partial charge in [-0.05, 0) is 44.4 Å². The number of nitrogens with zero attached hydrogens (tertiary/aromatic N) is 1. The summed E-state index contributed by atoms with van der Waals surface area (Å²) in [6.45, 7) is 4.70. The number of likely N-dealkylation sites (tertiary alicyclic amines) is 1. The van der Waals surface area contributed by atoms with Crippen molar-refractivity contribution in [2.45, 2.75) is 26.7 Å². The standard InChI is InChI=1S/C16H20FNO3/c1-3-21-16(20)12-5-4-8-18(10-12)15(19)13-7-6-11(2)9-14(13)17/h6-7,9,12H,3-5,8,10H2,1-2H3/t12-/m1/s1. The molecule has 0 N–H and O–H groups in total. The monoisotopic (exact) mass is 293 g/mol. The lowest BCUT2D eigenvalue weighted by molar-refractivity contribution is -0.149. The minimum atomic E-state index is -0.516. The van der Waals surface area contributed by atoms with Gasteiger partial charge >= 0.3 is 5.97 Å². The zero-order valence-corrected chi connectivity index (χ0v) is 12.4. The van der Waals surface area contributed by atoms with Crippen molar-refractivity contribution in [1.82, 2.24) is 4.90 Å². The summed E-state index contributed by atoms with van der Waals surface area (Å²) >= 11 is 0. The predicted molar refractivity (Wildman–Crippen MR) is 76.4 cm³/mol. The molecule has 1 aliphatic rings. The Morgan fingerprint density at radius 3 is 2.86 bits per heavy atom. The lowest BCUT2D eigenvalue weighted by Gasteiger charge is -2.31. The second kappa shape index (κ2) is 6.70. The number of ether oxygens (including phenoxy) is 1. The number of rotatable bonds is 3. The van der Waals surface area contributed by atoms with Gasteiger partial charge < -0.3 is 9.64 Å². The fraction of sp³-hybridized carbons (Fsp3) is 0.500. The molecule has 1 fully saturated rings. The van der Waals surface area contributed by atoms with E-state index in [1.165, 1.54) is 12.1 Å². The van der Waals surface area contributed by atoms with Crippen LogP contribution < -0.4 is 0 Å². The third-order valence-electron chi connectivity index (χ3n) is 3.68. The fourth-order valence-electron chi connectivity index (χ4n) is 2.58. The summed E-state index contributed by atoms with van der Waals surface area (Å²) < 4.78 is 18.9. The Morgan fingerprint density at radius 1 is 1.43 bits per heavy atom. The van der Waals surface area contributed by atoms with Crippen molar-refractivity contribution in [1.29, 1.82) is 0 Å². The van der Waals surface area contributed by atoms with Gasteiger partial charge in [0.2, 0.25) is 0 Å². The number of carbonyl (C=O) groups is 2. The molecule has 1 aromatic carbocycles. The van der Waals surface area contributed by atoms with Crippen molar-refractivity contribution in [3.63, 3.8) is 0 Å². The van der Waals surface area contributed by atoms with Crippen LogP contribution in [0.3, 0.4) is 0 Å². The first-order valence-corrected chi connectivity index (χ1v) is 7.25. The van der Waals surface area contributed by atoms with E-state index in [0.717, 1.165) is 12.0 Å². The van der Waals surface area contributed by atoms with Crippen molar-refractivity contribution in [3.8, 4) is 0 Å². The lowest BCUT2D eigenvalue weighted by Crippen LogP contribution is -2.43. The van der Waals surface area contributed by atoms with Crippen LogP contribution in [0.25, 0.3) is 0 Å². The Balaban J connectivity index is 2.10. The van der Waals surface area contributed by atoms with Gasteiger partial charge in [0.15, 0.2) is 0 Å². The number of benzene rings is 1. The van der Waals surface area contributed by atoms with Gasteiger partial charge in [-0.1, -0.05) is 6.07 Å². The van der Waals surface area contributed by atoms with Gasteiger partial charge in [0.05, 0.1) is 18.1 Å². The van der Waals surface area contributed by atoms with Crippen LogP contribution in [-0.2, 0) is 9.53 Å². The number of piperidine rings is 1. The average molecular weight is 293 g/mol. The molecule has 1 heterocycles. The van der Waals surface area contributed by atoms with Crippen LogP contribution >= 0.6 is 0 Å². The van der Waals surface area contributed by atoms with E-state index in [1.54, 1.807) is 24.8 Å². The number of amides is 1. The van der Waals surface area contributed by atoms with Crippen molar-refractivity contribution >= 4 is 11.9 Å².